The monoisotopic (exact) mass is 242 g/mol. The second-order valence-corrected chi connectivity index (χ2v) is 5.25. The molecule has 0 fully saturated rings. The smallest absolute Gasteiger partial charge is 0.0218 e. The van der Waals surface area contributed by atoms with E-state index in [-0.39, 0.29) is 0 Å². The lowest BCUT2D eigenvalue weighted by atomic mass is 10.0. The summed E-state index contributed by atoms with van der Waals surface area (Å²) in [6, 6.07) is 1.22. The lowest BCUT2D eigenvalue weighted by Gasteiger charge is -2.35. The molecule has 0 saturated heterocycles. The summed E-state index contributed by atoms with van der Waals surface area (Å²) in [6.45, 7) is 17.4. The van der Waals surface area contributed by atoms with Crippen molar-refractivity contribution in [2.45, 2.75) is 72.9 Å². The minimum Gasteiger partial charge on any atom is -0.313 e. The molecule has 0 aromatic heterocycles. The summed E-state index contributed by atoms with van der Waals surface area (Å²) in [7, 11) is 0. The highest BCUT2D eigenvalue weighted by atomic mass is 15.2. The van der Waals surface area contributed by atoms with Crippen molar-refractivity contribution in [3.8, 4) is 0 Å². The van der Waals surface area contributed by atoms with Crippen LogP contribution in [0.5, 0.6) is 0 Å². The van der Waals surface area contributed by atoms with E-state index in [9.17, 15) is 0 Å². The van der Waals surface area contributed by atoms with Gasteiger partial charge in [-0.3, -0.25) is 4.90 Å². The molecule has 2 nitrogen and oxygen atoms in total. The van der Waals surface area contributed by atoms with Crippen molar-refractivity contribution in [3.63, 3.8) is 0 Å². The molecule has 0 spiro atoms. The van der Waals surface area contributed by atoms with Crippen LogP contribution in [0.2, 0.25) is 0 Å². The van der Waals surface area contributed by atoms with Gasteiger partial charge in [-0.05, 0) is 39.3 Å². The fourth-order valence-electron chi connectivity index (χ4n) is 2.32. The Morgan fingerprint density at radius 3 is 2.00 bits per heavy atom. The minimum atomic E-state index is 0.587. The second kappa shape index (κ2) is 9.90. The zero-order valence-corrected chi connectivity index (χ0v) is 12.9. The molecule has 1 N–H and O–H groups in total. The van der Waals surface area contributed by atoms with Crippen molar-refractivity contribution in [3.05, 3.63) is 0 Å². The van der Waals surface area contributed by atoms with Crippen molar-refractivity contribution in [1.82, 2.24) is 10.2 Å². The molecule has 0 rings (SSSR count). The number of hydrogen-bond acceptors (Lipinski definition) is 2. The van der Waals surface area contributed by atoms with Crippen LogP contribution in [0, 0.1) is 5.92 Å². The minimum absolute atomic E-state index is 0.587. The summed E-state index contributed by atoms with van der Waals surface area (Å²) in [6.07, 6.45) is 3.82. The van der Waals surface area contributed by atoms with Crippen molar-refractivity contribution in [1.29, 1.82) is 0 Å². The molecule has 2 unspecified atom stereocenters. The number of nitrogens with one attached hydrogen (secondary N) is 1. The van der Waals surface area contributed by atoms with Gasteiger partial charge >= 0.3 is 0 Å². The molecule has 0 aromatic rings. The first-order chi connectivity index (χ1) is 8.10. The molecular formula is C15H34N2. The molecule has 0 aliphatic heterocycles. The molecule has 0 aliphatic carbocycles. The van der Waals surface area contributed by atoms with Crippen molar-refractivity contribution in [2.75, 3.05) is 19.6 Å². The van der Waals surface area contributed by atoms with E-state index >= 15 is 0 Å². The van der Waals surface area contributed by atoms with Gasteiger partial charge in [0.25, 0.3) is 0 Å². The van der Waals surface area contributed by atoms with Crippen LogP contribution in [0.4, 0.5) is 0 Å². The van der Waals surface area contributed by atoms with Gasteiger partial charge < -0.3 is 5.32 Å². The van der Waals surface area contributed by atoms with Crippen molar-refractivity contribution in [2.24, 2.45) is 5.92 Å². The Kier molecular flexibility index (Phi) is 9.85. The molecule has 0 saturated carbocycles. The molecule has 104 valence electrons. The predicted octanol–water partition coefficient (Wildman–Crippen LogP) is 3.52. The Morgan fingerprint density at radius 2 is 1.59 bits per heavy atom. The molecule has 2 atom stereocenters. The van der Waals surface area contributed by atoms with E-state index in [1.807, 2.05) is 0 Å². The van der Waals surface area contributed by atoms with Gasteiger partial charge in [-0.1, -0.05) is 40.5 Å². The molecule has 2 heteroatoms. The molecular weight excluding hydrogens is 208 g/mol. The Morgan fingerprint density at radius 1 is 1.00 bits per heavy atom. The maximum Gasteiger partial charge on any atom is 0.0218 e. The molecule has 0 aromatic carbocycles. The number of hydrogen-bond donors (Lipinski definition) is 1. The second-order valence-electron chi connectivity index (χ2n) is 5.25. The van der Waals surface area contributed by atoms with Crippen LogP contribution in [0.3, 0.4) is 0 Å². The summed E-state index contributed by atoms with van der Waals surface area (Å²) < 4.78 is 0. The highest BCUT2D eigenvalue weighted by Gasteiger charge is 2.20. The zero-order valence-electron chi connectivity index (χ0n) is 12.9. The summed E-state index contributed by atoms with van der Waals surface area (Å²) >= 11 is 0. The largest absolute Gasteiger partial charge is 0.313 e. The topological polar surface area (TPSA) is 15.3 Å². The number of nitrogens with zero attached hydrogens (tertiary/aromatic N) is 1. The van der Waals surface area contributed by atoms with Crippen LogP contribution in [-0.4, -0.2) is 36.6 Å². The highest BCUT2D eigenvalue weighted by molar-refractivity contribution is 4.78. The summed E-state index contributed by atoms with van der Waals surface area (Å²) in [5.74, 6) is 0.857. The van der Waals surface area contributed by atoms with E-state index in [4.69, 9.17) is 0 Å². The first-order valence-corrected chi connectivity index (χ1v) is 7.57. The molecule has 0 bridgehead atoms. The normalized spacial score (nSPS) is 15.5. The fourth-order valence-corrected chi connectivity index (χ4v) is 2.32. The summed E-state index contributed by atoms with van der Waals surface area (Å²) in [5, 5.41) is 3.61. The maximum absolute atomic E-state index is 3.61. The van der Waals surface area contributed by atoms with E-state index < -0.39 is 0 Å². The molecule has 0 radical (unpaired) electrons. The van der Waals surface area contributed by atoms with Crippen LogP contribution >= 0.6 is 0 Å². The first kappa shape index (κ1) is 16.9. The van der Waals surface area contributed by atoms with Gasteiger partial charge in [0, 0.05) is 18.6 Å². The fraction of sp³-hybridized carbons (Fsp3) is 1.00. The van der Waals surface area contributed by atoms with Gasteiger partial charge in [0.2, 0.25) is 0 Å². The third-order valence-corrected chi connectivity index (χ3v) is 4.07. The summed E-state index contributed by atoms with van der Waals surface area (Å²) in [5.41, 5.74) is 0. The van der Waals surface area contributed by atoms with E-state index in [1.54, 1.807) is 0 Å². The lowest BCUT2D eigenvalue weighted by Crippen LogP contribution is -2.48. The van der Waals surface area contributed by atoms with Crippen LogP contribution in [0.15, 0.2) is 0 Å². The maximum atomic E-state index is 3.61. The van der Waals surface area contributed by atoms with Crippen LogP contribution in [0.25, 0.3) is 0 Å². The van der Waals surface area contributed by atoms with Gasteiger partial charge in [0.15, 0.2) is 0 Å². The standard InChI is InChI=1S/C15H34N2/c1-7-11-16-13(5)14(6)17(10-4)12-15(8-2)9-3/h13-16H,7-12H2,1-6H3. The number of rotatable bonds is 10. The van der Waals surface area contributed by atoms with Crippen LogP contribution in [-0.2, 0) is 0 Å². The Bertz CT molecular complexity index is 166. The molecule has 0 aliphatic rings. The third-order valence-electron chi connectivity index (χ3n) is 4.07. The average Bonchev–Trinajstić information content (AvgIpc) is 2.36. The van der Waals surface area contributed by atoms with Gasteiger partial charge in [0.1, 0.15) is 0 Å². The van der Waals surface area contributed by atoms with Crippen LogP contribution < -0.4 is 5.32 Å². The molecule has 0 amide bonds. The van der Waals surface area contributed by atoms with E-state index in [2.05, 4.69) is 51.8 Å². The summed E-state index contributed by atoms with van der Waals surface area (Å²) in [4.78, 5) is 2.63. The van der Waals surface area contributed by atoms with Crippen molar-refractivity contribution < 1.29 is 0 Å². The Hall–Kier alpha value is -0.0800. The molecule has 17 heavy (non-hydrogen) atoms. The zero-order chi connectivity index (χ0) is 13.3. The van der Waals surface area contributed by atoms with Crippen molar-refractivity contribution >= 4 is 0 Å². The molecule has 0 heterocycles. The quantitative estimate of drug-likeness (QED) is 0.630. The van der Waals surface area contributed by atoms with E-state index in [1.165, 1.54) is 25.8 Å². The Labute approximate surface area is 109 Å². The predicted molar refractivity (Wildman–Crippen MR) is 78.5 cm³/mol. The van der Waals surface area contributed by atoms with Gasteiger partial charge in [-0.2, -0.15) is 0 Å². The lowest BCUT2D eigenvalue weighted by molar-refractivity contribution is 0.153. The van der Waals surface area contributed by atoms with E-state index in [0.29, 0.717) is 12.1 Å². The third kappa shape index (κ3) is 6.42. The van der Waals surface area contributed by atoms with Crippen LogP contribution in [0.1, 0.15) is 60.8 Å². The average molecular weight is 242 g/mol. The van der Waals surface area contributed by atoms with E-state index in [0.717, 1.165) is 19.0 Å². The number of likely N-dealkylation sites (N-methyl/N-ethyl adjacent to an activating group) is 1. The van der Waals surface area contributed by atoms with Gasteiger partial charge in [-0.15, -0.1) is 0 Å². The first-order valence-electron chi connectivity index (χ1n) is 7.57. The van der Waals surface area contributed by atoms with Gasteiger partial charge in [-0.25, -0.2) is 0 Å². The Balaban J connectivity index is 4.22. The SMILES string of the molecule is CCCNC(C)C(C)N(CC)CC(CC)CC. The highest BCUT2D eigenvalue weighted by Crippen LogP contribution is 2.13. The van der Waals surface area contributed by atoms with Gasteiger partial charge in [0.05, 0.1) is 0 Å².